The largest absolute Gasteiger partial charge is 0.481 e. The SMILES string of the molecule is C[C@H](NS(=O)(=O)N(C)CCC(=O)O)c1ccccc1Cl. The molecule has 0 saturated carbocycles. The molecular formula is C12H17ClN2O4S. The zero-order valence-corrected chi connectivity index (χ0v) is 12.8. The highest BCUT2D eigenvalue weighted by molar-refractivity contribution is 7.87. The molecule has 20 heavy (non-hydrogen) atoms. The first-order chi connectivity index (χ1) is 9.24. The number of carbonyl (C=O) groups is 1. The van der Waals surface area contributed by atoms with Crippen molar-refractivity contribution in [3.63, 3.8) is 0 Å². The van der Waals surface area contributed by atoms with E-state index < -0.39 is 22.2 Å². The van der Waals surface area contributed by atoms with Gasteiger partial charge in [0.25, 0.3) is 10.2 Å². The van der Waals surface area contributed by atoms with Gasteiger partial charge in [0.15, 0.2) is 0 Å². The van der Waals surface area contributed by atoms with E-state index >= 15 is 0 Å². The van der Waals surface area contributed by atoms with E-state index in [1.54, 1.807) is 31.2 Å². The predicted molar refractivity (Wildman–Crippen MR) is 76.8 cm³/mol. The van der Waals surface area contributed by atoms with Crippen LogP contribution in [0.4, 0.5) is 0 Å². The summed E-state index contributed by atoms with van der Waals surface area (Å²) in [6.07, 6.45) is -0.252. The van der Waals surface area contributed by atoms with Crippen LogP contribution in [0.25, 0.3) is 0 Å². The molecule has 0 aromatic heterocycles. The topological polar surface area (TPSA) is 86.7 Å². The number of nitrogens with zero attached hydrogens (tertiary/aromatic N) is 1. The zero-order valence-electron chi connectivity index (χ0n) is 11.2. The molecule has 1 aromatic rings. The third kappa shape index (κ3) is 4.75. The maximum atomic E-state index is 12.0. The molecule has 1 atom stereocenters. The summed E-state index contributed by atoms with van der Waals surface area (Å²) in [6, 6.07) is 6.41. The van der Waals surface area contributed by atoms with Crippen molar-refractivity contribution in [1.82, 2.24) is 9.03 Å². The summed E-state index contributed by atoms with van der Waals surface area (Å²) in [7, 11) is -2.43. The molecule has 0 amide bonds. The lowest BCUT2D eigenvalue weighted by Gasteiger charge is -2.21. The van der Waals surface area contributed by atoms with Gasteiger partial charge in [-0.15, -0.1) is 0 Å². The van der Waals surface area contributed by atoms with Crippen molar-refractivity contribution in [2.75, 3.05) is 13.6 Å². The van der Waals surface area contributed by atoms with Gasteiger partial charge in [-0.2, -0.15) is 17.4 Å². The molecule has 6 nitrogen and oxygen atoms in total. The Balaban J connectivity index is 2.75. The van der Waals surface area contributed by atoms with E-state index in [-0.39, 0.29) is 13.0 Å². The standard InChI is InChI=1S/C12H17ClN2O4S/c1-9(10-5-3-4-6-11(10)13)14-20(18,19)15(2)8-7-12(16)17/h3-6,9,14H,7-8H2,1-2H3,(H,16,17)/t9-/m0/s1. The number of hydrogen-bond donors (Lipinski definition) is 2. The van der Waals surface area contributed by atoms with E-state index in [1.807, 2.05) is 0 Å². The molecule has 0 heterocycles. The summed E-state index contributed by atoms with van der Waals surface area (Å²) in [5.41, 5.74) is 0.657. The average molecular weight is 321 g/mol. The second kappa shape index (κ2) is 7.03. The maximum absolute atomic E-state index is 12.0. The Labute approximate surface area is 123 Å². The lowest BCUT2D eigenvalue weighted by atomic mass is 10.1. The number of halogens is 1. The molecule has 2 N–H and O–H groups in total. The molecule has 0 bridgehead atoms. The normalized spacial score (nSPS) is 13.4. The van der Waals surface area contributed by atoms with Gasteiger partial charge < -0.3 is 5.11 Å². The highest BCUT2D eigenvalue weighted by Gasteiger charge is 2.22. The van der Waals surface area contributed by atoms with Crippen molar-refractivity contribution in [2.24, 2.45) is 0 Å². The van der Waals surface area contributed by atoms with Gasteiger partial charge in [0.05, 0.1) is 6.42 Å². The average Bonchev–Trinajstić information content (AvgIpc) is 2.35. The van der Waals surface area contributed by atoms with Gasteiger partial charge in [0.1, 0.15) is 0 Å². The number of rotatable bonds is 7. The lowest BCUT2D eigenvalue weighted by Crippen LogP contribution is -2.40. The monoisotopic (exact) mass is 320 g/mol. The minimum atomic E-state index is -3.76. The molecule has 0 aliphatic heterocycles. The van der Waals surface area contributed by atoms with Crippen LogP contribution < -0.4 is 4.72 Å². The Morgan fingerprint density at radius 1 is 1.45 bits per heavy atom. The second-order valence-electron chi connectivity index (χ2n) is 4.33. The molecule has 1 aromatic carbocycles. The summed E-state index contributed by atoms with van der Waals surface area (Å²) >= 11 is 6.00. The first kappa shape index (κ1) is 16.9. The Morgan fingerprint density at radius 2 is 2.05 bits per heavy atom. The van der Waals surface area contributed by atoms with Crippen LogP contribution in [0.1, 0.15) is 24.9 Å². The number of carboxylic acids is 1. The van der Waals surface area contributed by atoms with Gasteiger partial charge in [0, 0.05) is 24.7 Å². The highest BCUT2D eigenvalue weighted by atomic mass is 35.5. The van der Waals surface area contributed by atoms with Crippen LogP contribution in [0.2, 0.25) is 5.02 Å². The van der Waals surface area contributed by atoms with E-state index in [1.165, 1.54) is 7.05 Å². The first-order valence-electron chi connectivity index (χ1n) is 5.94. The van der Waals surface area contributed by atoms with Crippen molar-refractivity contribution in [1.29, 1.82) is 0 Å². The van der Waals surface area contributed by atoms with Gasteiger partial charge in [-0.3, -0.25) is 4.79 Å². The van der Waals surface area contributed by atoms with Crippen LogP contribution in [0.15, 0.2) is 24.3 Å². The summed E-state index contributed by atoms with van der Waals surface area (Å²) in [5, 5.41) is 9.03. The van der Waals surface area contributed by atoms with Crippen molar-refractivity contribution in [3.8, 4) is 0 Å². The number of carboxylic acid groups (broad SMARTS) is 1. The van der Waals surface area contributed by atoms with Gasteiger partial charge in [-0.05, 0) is 18.6 Å². The maximum Gasteiger partial charge on any atom is 0.304 e. The molecule has 0 spiro atoms. The van der Waals surface area contributed by atoms with Gasteiger partial charge in [0.2, 0.25) is 0 Å². The molecule has 112 valence electrons. The number of nitrogens with one attached hydrogen (secondary N) is 1. The highest BCUT2D eigenvalue weighted by Crippen LogP contribution is 2.22. The van der Waals surface area contributed by atoms with Crippen LogP contribution in [0.3, 0.4) is 0 Å². The fraction of sp³-hybridized carbons (Fsp3) is 0.417. The lowest BCUT2D eigenvalue weighted by molar-refractivity contribution is -0.137. The number of benzene rings is 1. The third-order valence-corrected chi connectivity index (χ3v) is 4.75. The molecule has 1 rings (SSSR count). The fourth-order valence-electron chi connectivity index (χ4n) is 1.58. The Hall–Kier alpha value is -1.15. The quantitative estimate of drug-likeness (QED) is 0.799. The second-order valence-corrected chi connectivity index (χ2v) is 6.55. The van der Waals surface area contributed by atoms with E-state index in [9.17, 15) is 13.2 Å². The van der Waals surface area contributed by atoms with Crippen LogP contribution in [-0.4, -0.2) is 37.4 Å². The predicted octanol–water partition coefficient (Wildman–Crippen LogP) is 1.64. The third-order valence-electron chi connectivity index (χ3n) is 2.75. The summed E-state index contributed by atoms with van der Waals surface area (Å²) < 4.78 is 27.5. The molecular weight excluding hydrogens is 304 g/mol. The van der Waals surface area contributed by atoms with E-state index in [2.05, 4.69) is 4.72 Å². The molecule has 0 saturated heterocycles. The van der Waals surface area contributed by atoms with Gasteiger partial charge in [-0.1, -0.05) is 29.8 Å². The van der Waals surface area contributed by atoms with E-state index in [0.717, 1.165) is 4.31 Å². The van der Waals surface area contributed by atoms with Gasteiger partial charge >= 0.3 is 5.97 Å². The van der Waals surface area contributed by atoms with Crippen molar-refractivity contribution in [3.05, 3.63) is 34.9 Å². The van der Waals surface area contributed by atoms with Crippen molar-refractivity contribution >= 4 is 27.8 Å². The molecule has 0 aliphatic carbocycles. The van der Waals surface area contributed by atoms with Gasteiger partial charge in [-0.25, -0.2) is 0 Å². The van der Waals surface area contributed by atoms with Crippen LogP contribution >= 0.6 is 11.6 Å². The molecule has 0 fully saturated rings. The van der Waals surface area contributed by atoms with Crippen molar-refractivity contribution < 1.29 is 18.3 Å². The summed E-state index contributed by atoms with van der Waals surface area (Å²) in [6.45, 7) is 1.57. The molecule has 0 aliphatic rings. The summed E-state index contributed by atoms with van der Waals surface area (Å²) in [5.74, 6) is -1.05. The molecule has 8 heteroatoms. The zero-order chi connectivity index (χ0) is 15.3. The minimum Gasteiger partial charge on any atom is -0.481 e. The van der Waals surface area contributed by atoms with Crippen LogP contribution in [0.5, 0.6) is 0 Å². The van der Waals surface area contributed by atoms with E-state index in [0.29, 0.717) is 10.6 Å². The van der Waals surface area contributed by atoms with Crippen LogP contribution in [-0.2, 0) is 15.0 Å². The number of aliphatic carboxylic acids is 1. The smallest absolute Gasteiger partial charge is 0.304 e. The Kier molecular flexibility index (Phi) is 5.94. The molecule has 0 unspecified atom stereocenters. The fourth-order valence-corrected chi connectivity index (χ4v) is 2.96. The first-order valence-corrected chi connectivity index (χ1v) is 7.75. The Morgan fingerprint density at radius 3 is 2.60 bits per heavy atom. The summed E-state index contributed by atoms with van der Waals surface area (Å²) in [4.78, 5) is 10.5. The van der Waals surface area contributed by atoms with E-state index in [4.69, 9.17) is 16.7 Å². The minimum absolute atomic E-state index is 0.0973. The van der Waals surface area contributed by atoms with Crippen LogP contribution in [0, 0.1) is 0 Å². The van der Waals surface area contributed by atoms with Crippen molar-refractivity contribution in [2.45, 2.75) is 19.4 Å². The molecule has 0 radical (unpaired) electrons. The Bertz CT molecular complexity index is 577. The number of hydrogen-bond acceptors (Lipinski definition) is 3.